The summed E-state index contributed by atoms with van der Waals surface area (Å²) in [7, 11) is 1.50. The molecule has 2 N–H and O–H groups in total. The highest BCUT2D eigenvalue weighted by Gasteiger charge is 2.28. The van der Waals surface area contributed by atoms with E-state index in [1.165, 1.54) is 7.11 Å². The van der Waals surface area contributed by atoms with Crippen molar-refractivity contribution < 1.29 is 24.2 Å². The van der Waals surface area contributed by atoms with Crippen LogP contribution in [-0.4, -0.2) is 42.8 Å². The fourth-order valence-corrected chi connectivity index (χ4v) is 2.60. The van der Waals surface area contributed by atoms with Crippen LogP contribution in [-0.2, 0) is 20.7 Å². The highest BCUT2D eigenvalue weighted by Crippen LogP contribution is 2.25. The van der Waals surface area contributed by atoms with Crippen molar-refractivity contribution in [2.45, 2.75) is 31.4 Å². The second-order valence-corrected chi connectivity index (χ2v) is 5.48. The Morgan fingerprint density at radius 1 is 1.55 bits per heavy atom. The smallest absolute Gasteiger partial charge is 0.326 e. The molecule has 0 saturated carbocycles. The average Bonchev–Trinajstić information content (AvgIpc) is 3.01. The van der Waals surface area contributed by atoms with E-state index in [4.69, 9.17) is 21.1 Å². The summed E-state index contributed by atoms with van der Waals surface area (Å²) in [5.74, 6) is -0.969. The first-order chi connectivity index (χ1) is 10.5. The summed E-state index contributed by atoms with van der Waals surface area (Å²) in [6.45, 7) is 0.532. The third-order valence-electron chi connectivity index (χ3n) is 3.49. The summed E-state index contributed by atoms with van der Waals surface area (Å²) in [5, 5.41) is 12.2. The fourth-order valence-electron chi connectivity index (χ4n) is 2.32. The number of rotatable bonds is 6. The van der Waals surface area contributed by atoms with Crippen molar-refractivity contribution in [1.29, 1.82) is 0 Å². The van der Waals surface area contributed by atoms with Crippen molar-refractivity contribution in [3.8, 4) is 5.75 Å². The van der Waals surface area contributed by atoms with Gasteiger partial charge in [0.2, 0.25) is 5.91 Å². The number of ether oxygens (including phenoxy) is 2. The first kappa shape index (κ1) is 16.6. The van der Waals surface area contributed by atoms with E-state index in [0.717, 1.165) is 6.42 Å². The maximum Gasteiger partial charge on any atom is 0.326 e. The van der Waals surface area contributed by atoms with Gasteiger partial charge in [-0.2, -0.15) is 0 Å². The molecule has 1 aromatic carbocycles. The molecule has 1 aliphatic rings. The van der Waals surface area contributed by atoms with E-state index in [-0.39, 0.29) is 12.3 Å². The summed E-state index contributed by atoms with van der Waals surface area (Å²) in [6.07, 6.45) is 1.01. The van der Waals surface area contributed by atoms with E-state index >= 15 is 0 Å². The molecule has 1 aliphatic heterocycles. The number of aliphatic carboxylic acids is 1. The van der Waals surface area contributed by atoms with Crippen molar-refractivity contribution in [2.24, 2.45) is 0 Å². The number of halogens is 1. The summed E-state index contributed by atoms with van der Waals surface area (Å²) >= 11 is 6.02. The van der Waals surface area contributed by atoms with Gasteiger partial charge in [0, 0.05) is 13.0 Å². The number of carboxylic acids is 1. The predicted molar refractivity (Wildman–Crippen MR) is 80.2 cm³/mol. The van der Waals surface area contributed by atoms with Gasteiger partial charge in [0.25, 0.3) is 0 Å². The number of amides is 1. The summed E-state index contributed by atoms with van der Waals surface area (Å²) < 4.78 is 10.3. The normalized spacial score (nSPS) is 18.7. The minimum atomic E-state index is -1.10. The quantitative estimate of drug-likeness (QED) is 0.829. The van der Waals surface area contributed by atoms with Crippen LogP contribution in [0.3, 0.4) is 0 Å². The largest absolute Gasteiger partial charge is 0.495 e. The lowest BCUT2D eigenvalue weighted by Gasteiger charge is -2.17. The van der Waals surface area contributed by atoms with Crippen molar-refractivity contribution in [1.82, 2.24) is 5.32 Å². The Morgan fingerprint density at radius 3 is 2.86 bits per heavy atom. The molecule has 0 spiro atoms. The Labute approximate surface area is 133 Å². The molecule has 0 aromatic heterocycles. The maximum absolute atomic E-state index is 12.0. The van der Waals surface area contributed by atoms with Gasteiger partial charge in [0.1, 0.15) is 17.9 Å². The number of hydrogen-bond donors (Lipinski definition) is 2. The monoisotopic (exact) mass is 327 g/mol. The molecule has 1 aromatic rings. The van der Waals surface area contributed by atoms with Gasteiger partial charge >= 0.3 is 5.97 Å². The van der Waals surface area contributed by atoms with Crippen molar-refractivity contribution >= 4 is 23.5 Å². The van der Waals surface area contributed by atoms with E-state index < -0.39 is 18.1 Å². The summed E-state index contributed by atoms with van der Waals surface area (Å²) in [4.78, 5) is 23.3. The van der Waals surface area contributed by atoms with Crippen molar-refractivity contribution in [3.05, 3.63) is 28.8 Å². The lowest BCUT2D eigenvalue weighted by Crippen LogP contribution is -2.46. The highest BCUT2D eigenvalue weighted by molar-refractivity contribution is 6.32. The SMILES string of the molecule is COc1ccc(C[C@@H](NC(=O)[C@@H]2CCCO2)C(=O)O)cc1Cl. The molecule has 120 valence electrons. The maximum atomic E-state index is 12.0. The molecule has 7 heteroatoms. The van der Waals surface area contributed by atoms with E-state index in [1.54, 1.807) is 18.2 Å². The predicted octanol–water partition coefficient (Wildman–Crippen LogP) is 1.64. The van der Waals surface area contributed by atoms with Crippen LogP contribution in [0.15, 0.2) is 18.2 Å². The molecule has 2 rings (SSSR count). The lowest BCUT2D eigenvalue weighted by molar-refractivity contribution is -0.143. The molecule has 0 bridgehead atoms. The second-order valence-electron chi connectivity index (χ2n) is 5.07. The average molecular weight is 328 g/mol. The Kier molecular flexibility index (Phi) is 5.63. The first-order valence-corrected chi connectivity index (χ1v) is 7.36. The molecule has 6 nitrogen and oxygen atoms in total. The Balaban J connectivity index is 2.03. The topological polar surface area (TPSA) is 84.9 Å². The molecule has 1 fully saturated rings. The third-order valence-corrected chi connectivity index (χ3v) is 3.79. The Bertz CT molecular complexity index is 557. The van der Waals surface area contributed by atoms with Gasteiger partial charge in [-0.05, 0) is 30.5 Å². The number of carbonyl (C=O) groups is 2. The van der Waals surface area contributed by atoms with Gasteiger partial charge in [0.05, 0.1) is 12.1 Å². The zero-order chi connectivity index (χ0) is 16.1. The van der Waals surface area contributed by atoms with Crippen LogP contribution in [0.1, 0.15) is 18.4 Å². The molecule has 0 unspecified atom stereocenters. The Morgan fingerprint density at radius 2 is 2.32 bits per heavy atom. The standard InChI is InChI=1S/C15H18ClNO5/c1-21-12-5-4-9(7-10(12)16)8-11(15(19)20)17-14(18)13-3-2-6-22-13/h4-5,7,11,13H,2-3,6,8H2,1H3,(H,17,18)(H,19,20)/t11-,13+/m1/s1. The number of methoxy groups -OCH3 is 1. The second kappa shape index (κ2) is 7.47. The zero-order valence-electron chi connectivity index (χ0n) is 12.2. The minimum absolute atomic E-state index is 0.136. The van der Waals surface area contributed by atoms with Crippen LogP contribution >= 0.6 is 11.6 Å². The van der Waals surface area contributed by atoms with Gasteiger partial charge in [-0.1, -0.05) is 17.7 Å². The molecule has 0 aliphatic carbocycles. The number of benzene rings is 1. The molecular weight excluding hydrogens is 310 g/mol. The molecule has 2 atom stereocenters. The van der Waals surface area contributed by atoms with Gasteiger partial charge in [-0.15, -0.1) is 0 Å². The van der Waals surface area contributed by atoms with Gasteiger partial charge in [-0.3, -0.25) is 4.79 Å². The van der Waals surface area contributed by atoms with E-state index in [9.17, 15) is 14.7 Å². The van der Waals surface area contributed by atoms with E-state index in [1.807, 2.05) is 0 Å². The van der Waals surface area contributed by atoms with Crippen LogP contribution in [0.5, 0.6) is 5.75 Å². The first-order valence-electron chi connectivity index (χ1n) is 6.98. The van der Waals surface area contributed by atoms with Gasteiger partial charge in [-0.25, -0.2) is 4.79 Å². The van der Waals surface area contributed by atoms with Crippen molar-refractivity contribution in [2.75, 3.05) is 13.7 Å². The molecule has 1 amide bonds. The van der Waals surface area contributed by atoms with E-state index in [2.05, 4.69) is 5.32 Å². The molecule has 1 saturated heterocycles. The molecule has 0 radical (unpaired) electrons. The number of hydrogen-bond acceptors (Lipinski definition) is 4. The highest BCUT2D eigenvalue weighted by atomic mass is 35.5. The lowest BCUT2D eigenvalue weighted by atomic mass is 10.1. The minimum Gasteiger partial charge on any atom is -0.495 e. The molecular formula is C15H18ClNO5. The van der Waals surface area contributed by atoms with Crippen molar-refractivity contribution in [3.63, 3.8) is 0 Å². The molecule has 1 heterocycles. The van der Waals surface area contributed by atoms with Gasteiger partial charge < -0.3 is 19.9 Å². The van der Waals surface area contributed by atoms with Gasteiger partial charge in [0.15, 0.2) is 0 Å². The summed E-state index contributed by atoms with van der Waals surface area (Å²) in [6, 6.07) is 3.99. The van der Waals surface area contributed by atoms with Crippen LogP contribution < -0.4 is 10.1 Å². The van der Waals surface area contributed by atoms with Crippen LogP contribution in [0.2, 0.25) is 5.02 Å². The van der Waals surface area contributed by atoms with Crippen LogP contribution in [0.4, 0.5) is 0 Å². The van der Waals surface area contributed by atoms with Crippen LogP contribution in [0.25, 0.3) is 0 Å². The van der Waals surface area contributed by atoms with Crippen LogP contribution in [0, 0.1) is 0 Å². The zero-order valence-corrected chi connectivity index (χ0v) is 12.9. The fraction of sp³-hybridized carbons (Fsp3) is 0.467. The third kappa shape index (κ3) is 4.11. The molecule has 22 heavy (non-hydrogen) atoms. The Hall–Kier alpha value is -1.79. The number of nitrogens with one attached hydrogen (secondary N) is 1. The summed E-state index contributed by atoms with van der Waals surface area (Å²) in [5.41, 5.74) is 0.700. The number of carbonyl (C=O) groups excluding carboxylic acids is 1. The van der Waals surface area contributed by atoms with E-state index in [0.29, 0.717) is 29.4 Å². The number of carboxylic acid groups (broad SMARTS) is 1.